The third-order valence-corrected chi connectivity index (χ3v) is 6.14. The molecule has 0 spiro atoms. The zero-order valence-electron chi connectivity index (χ0n) is 14.6. The fourth-order valence-electron chi connectivity index (χ4n) is 3.00. The number of hydrogen-bond donors (Lipinski definition) is 1. The summed E-state index contributed by atoms with van der Waals surface area (Å²) < 4.78 is 27.3. The second-order valence-electron chi connectivity index (χ2n) is 6.80. The number of amides is 1. The minimum atomic E-state index is -3.62. The average molecular weight is 353 g/mol. The van der Waals surface area contributed by atoms with E-state index in [1.165, 1.54) is 4.90 Å². The molecule has 1 N–H and O–H groups in total. The number of hydrogen-bond acceptors (Lipinski definition) is 4. The van der Waals surface area contributed by atoms with Crippen LogP contribution in [0, 0.1) is 5.92 Å². The standard InChI is InChI=1S/C17H27N3O3S/c1-13-6-8-16(9-7-13)19-24(22,23)12-17(21)20(3)14(2)15-5-4-10-18-11-15/h4-5,10-11,13-14,16,19H,6-9,12H2,1-3H3. The number of sulfonamides is 1. The van der Waals surface area contributed by atoms with E-state index in [2.05, 4.69) is 16.6 Å². The molecule has 24 heavy (non-hydrogen) atoms. The second-order valence-corrected chi connectivity index (χ2v) is 8.55. The van der Waals surface area contributed by atoms with Gasteiger partial charge in [0.25, 0.3) is 0 Å². The summed E-state index contributed by atoms with van der Waals surface area (Å²) >= 11 is 0. The molecule has 134 valence electrons. The largest absolute Gasteiger partial charge is 0.338 e. The van der Waals surface area contributed by atoms with E-state index in [9.17, 15) is 13.2 Å². The highest BCUT2D eigenvalue weighted by molar-refractivity contribution is 7.90. The van der Waals surface area contributed by atoms with E-state index in [0.717, 1.165) is 31.2 Å². The monoisotopic (exact) mass is 353 g/mol. The van der Waals surface area contributed by atoms with Gasteiger partial charge in [0.05, 0.1) is 6.04 Å². The lowest BCUT2D eigenvalue weighted by atomic mass is 9.88. The number of aromatic nitrogens is 1. The average Bonchev–Trinajstić information content (AvgIpc) is 2.55. The van der Waals surface area contributed by atoms with E-state index >= 15 is 0 Å². The number of nitrogens with one attached hydrogen (secondary N) is 1. The Morgan fingerprint density at radius 3 is 2.62 bits per heavy atom. The first-order chi connectivity index (χ1) is 11.3. The maximum absolute atomic E-state index is 12.4. The molecule has 1 heterocycles. The lowest BCUT2D eigenvalue weighted by Crippen LogP contribution is -2.43. The molecule has 1 aliphatic carbocycles. The van der Waals surface area contributed by atoms with Crippen LogP contribution >= 0.6 is 0 Å². The molecule has 1 aromatic rings. The van der Waals surface area contributed by atoms with Gasteiger partial charge in [0.2, 0.25) is 15.9 Å². The highest BCUT2D eigenvalue weighted by Gasteiger charge is 2.27. The maximum atomic E-state index is 12.4. The number of nitrogens with zero attached hydrogens (tertiary/aromatic N) is 2. The van der Waals surface area contributed by atoms with Crippen molar-refractivity contribution < 1.29 is 13.2 Å². The van der Waals surface area contributed by atoms with E-state index in [1.807, 2.05) is 13.0 Å². The highest BCUT2D eigenvalue weighted by atomic mass is 32.2. The molecule has 0 radical (unpaired) electrons. The van der Waals surface area contributed by atoms with Crippen molar-refractivity contribution in [3.8, 4) is 0 Å². The normalized spacial score (nSPS) is 22.8. The molecule has 1 aliphatic rings. The number of carbonyl (C=O) groups excluding carboxylic acids is 1. The zero-order chi connectivity index (χ0) is 17.7. The van der Waals surface area contributed by atoms with Gasteiger partial charge in [-0.2, -0.15) is 0 Å². The zero-order valence-corrected chi connectivity index (χ0v) is 15.4. The molecular weight excluding hydrogens is 326 g/mol. The van der Waals surface area contributed by atoms with E-state index in [4.69, 9.17) is 0 Å². The molecular formula is C17H27N3O3S. The van der Waals surface area contributed by atoms with Crippen LogP contribution in [0.5, 0.6) is 0 Å². The Balaban J connectivity index is 1.92. The Hall–Kier alpha value is -1.47. The summed E-state index contributed by atoms with van der Waals surface area (Å²) in [6, 6.07) is 3.40. The molecule has 2 rings (SSSR count). The lowest BCUT2D eigenvalue weighted by molar-refractivity contribution is -0.129. The number of rotatable bonds is 6. The van der Waals surface area contributed by atoms with Crippen molar-refractivity contribution >= 4 is 15.9 Å². The van der Waals surface area contributed by atoms with Crippen molar-refractivity contribution in [1.29, 1.82) is 0 Å². The summed E-state index contributed by atoms with van der Waals surface area (Å²) in [5.74, 6) is -0.276. The predicted molar refractivity (Wildman–Crippen MR) is 93.8 cm³/mol. The molecule has 1 fully saturated rings. The fourth-order valence-corrected chi connectivity index (χ4v) is 4.36. The molecule has 1 saturated carbocycles. The van der Waals surface area contributed by atoms with Crippen LogP contribution in [-0.2, 0) is 14.8 Å². The van der Waals surface area contributed by atoms with Crippen LogP contribution in [0.4, 0.5) is 0 Å². The first-order valence-corrected chi connectivity index (χ1v) is 10.1. The van der Waals surface area contributed by atoms with Crippen molar-refractivity contribution in [1.82, 2.24) is 14.6 Å². The first kappa shape index (κ1) is 18.9. The van der Waals surface area contributed by atoms with Gasteiger partial charge in [-0.15, -0.1) is 0 Å². The van der Waals surface area contributed by atoms with Crippen molar-refractivity contribution in [2.24, 2.45) is 5.92 Å². The summed E-state index contributed by atoms with van der Waals surface area (Å²) in [7, 11) is -1.99. The Kier molecular flexibility index (Phi) is 6.34. The molecule has 7 heteroatoms. The van der Waals surface area contributed by atoms with Crippen LogP contribution in [0.2, 0.25) is 0 Å². The minimum Gasteiger partial charge on any atom is -0.338 e. The van der Waals surface area contributed by atoms with Gasteiger partial charge < -0.3 is 4.90 Å². The predicted octanol–water partition coefficient (Wildman–Crippen LogP) is 2.10. The summed E-state index contributed by atoms with van der Waals surface area (Å²) in [5, 5.41) is 0. The Morgan fingerprint density at radius 1 is 1.38 bits per heavy atom. The third kappa shape index (κ3) is 5.27. The van der Waals surface area contributed by atoms with Gasteiger partial charge in [0.1, 0.15) is 5.75 Å². The van der Waals surface area contributed by atoms with E-state index in [0.29, 0.717) is 5.92 Å². The van der Waals surface area contributed by atoms with Crippen LogP contribution in [0.1, 0.15) is 51.1 Å². The van der Waals surface area contributed by atoms with E-state index in [-0.39, 0.29) is 12.1 Å². The summed E-state index contributed by atoms with van der Waals surface area (Å²) in [6.45, 7) is 4.04. The van der Waals surface area contributed by atoms with Gasteiger partial charge in [0, 0.05) is 25.5 Å². The smallest absolute Gasteiger partial charge is 0.239 e. The van der Waals surface area contributed by atoms with Crippen LogP contribution in [0.3, 0.4) is 0 Å². The van der Waals surface area contributed by atoms with Crippen LogP contribution in [-0.4, -0.2) is 43.1 Å². The topological polar surface area (TPSA) is 79.4 Å². The van der Waals surface area contributed by atoms with Gasteiger partial charge in [-0.1, -0.05) is 13.0 Å². The Morgan fingerprint density at radius 2 is 2.04 bits per heavy atom. The molecule has 0 bridgehead atoms. The summed E-state index contributed by atoms with van der Waals surface area (Å²) in [6.07, 6.45) is 7.09. The molecule has 1 amide bonds. The van der Waals surface area contributed by atoms with E-state index in [1.54, 1.807) is 25.5 Å². The third-order valence-electron chi connectivity index (χ3n) is 4.82. The highest BCUT2D eigenvalue weighted by Crippen LogP contribution is 2.24. The molecule has 1 aromatic heterocycles. The van der Waals surface area contributed by atoms with Crippen molar-refractivity contribution in [2.45, 2.75) is 51.6 Å². The van der Waals surface area contributed by atoms with Crippen molar-refractivity contribution in [3.63, 3.8) is 0 Å². The molecule has 1 atom stereocenters. The van der Waals surface area contributed by atoms with Crippen LogP contribution < -0.4 is 4.72 Å². The Bertz CT molecular complexity index is 640. The number of pyridine rings is 1. The van der Waals surface area contributed by atoms with Crippen molar-refractivity contribution in [2.75, 3.05) is 12.8 Å². The van der Waals surface area contributed by atoms with Gasteiger partial charge in [-0.25, -0.2) is 13.1 Å². The summed E-state index contributed by atoms with van der Waals surface area (Å²) in [4.78, 5) is 17.8. The molecule has 0 aromatic carbocycles. The molecule has 1 unspecified atom stereocenters. The number of carbonyl (C=O) groups is 1. The van der Waals surface area contributed by atoms with Crippen LogP contribution in [0.25, 0.3) is 0 Å². The Labute approximate surface area is 144 Å². The summed E-state index contributed by atoms with van der Waals surface area (Å²) in [5.41, 5.74) is 0.875. The molecule has 6 nitrogen and oxygen atoms in total. The van der Waals surface area contributed by atoms with E-state index < -0.39 is 21.7 Å². The van der Waals surface area contributed by atoms with Crippen molar-refractivity contribution in [3.05, 3.63) is 30.1 Å². The van der Waals surface area contributed by atoms with Gasteiger partial charge >= 0.3 is 0 Å². The SMILES string of the molecule is CC1CCC(NS(=O)(=O)CC(=O)N(C)C(C)c2cccnc2)CC1. The van der Waals surface area contributed by atoms with Gasteiger partial charge in [-0.3, -0.25) is 9.78 Å². The maximum Gasteiger partial charge on any atom is 0.239 e. The lowest BCUT2D eigenvalue weighted by Gasteiger charge is -2.28. The van der Waals surface area contributed by atoms with Crippen LogP contribution in [0.15, 0.2) is 24.5 Å². The molecule has 0 saturated heterocycles. The van der Waals surface area contributed by atoms with Gasteiger partial charge in [-0.05, 0) is 50.2 Å². The first-order valence-electron chi connectivity index (χ1n) is 8.44. The molecule has 0 aliphatic heterocycles. The second kappa shape index (κ2) is 8.07. The fraction of sp³-hybridized carbons (Fsp3) is 0.647. The van der Waals surface area contributed by atoms with Gasteiger partial charge in [0.15, 0.2) is 0 Å². The quantitative estimate of drug-likeness (QED) is 0.849. The minimum absolute atomic E-state index is 0.0416.